The Labute approximate surface area is 126 Å². The van der Waals surface area contributed by atoms with Gasteiger partial charge in [0.25, 0.3) is 0 Å². The van der Waals surface area contributed by atoms with E-state index in [9.17, 15) is 0 Å². The van der Waals surface area contributed by atoms with Crippen LogP contribution in [0, 0.1) is 18.8 Å². The first-order chi connectivity index (χ1) is 9.04. The summed E-state index contributed by atoms with van der Waals surface area (Å²) in [6, 6.07) is 7.18. The van der Waals surface area contributed by atoms with Gasteiger partial charge in [-0.05, 0) is 61.8 Å². The first kappa shape index (κ1) is 14.9. The highest BCUT2D eigenvalue weighted by molar-refractivity contribution is 9.10. The summed E-state index contributed by atoms with van der Waals surface area (Å²) in [4.78, 5) is 0. The molecule has 0 saturated heterocycles. The number of benzene rings is 1. The third-order valence-corrected chi connectivity index (χ3v) is 4.63. The van der Waals surface area contributed by atoms with E-state index in [2.05, 4.69) is 60.2 Å². The molecule has 2 rings (SSSR count). The maximum absolute atomic E-state index is 3.76. The van der Waals surface area contributed by atoms with Gasteiger partial charge in [-0.2, -0.15) is 0 Å². The van der Waals surface area contributed by atoms with Gasteiger partial charge in [0.05, 0.1) is 0 Å². The summed E-state index contributed by atoms with van der Waals surface area (Å²) in [5.74, 6) is 1.75. The summed E-state index contributed by atoms with van der Waals surface area (Å²) < 4.78 is 1.16. The zero-order chi connectivity index (χ0) is 13.8. The van der Waals surface area contributed by atoms with Gasteiger partial charge in [0.15, 0.2) is 0 Å². The summed E-state index contributed by atoms with van der Waals surface area (Å²) in [6.45, 7) is 6.87. The minimum Gasteiger partial charge on any atom is -0.382 e. The van der Waals surface area contributed by atoms with Gasteiger partial charge in [0.1, 0.15) is 0 Å². The molecule has 0 aliphatic heterocycles. The maximum atomic E-state index is 3.76. The van der Waals surface area contributed by atoms with Gasteiger partial charge in [-0.15, -0.1) is 0 Å². The average Bonchev–Trinajstić information content (AvgIpc) is 2.32. The van der Waals surface area contributed by atoms with Gasteiger partial charge in [-0.3, -0.25) is 0 Å². The van der Waals surface area contributed by atoms with Crippen molar-refractivity contribution in [2.75, 3.05) is 5.32 Å². The number of aryl methyl sites for hydroxylation is 1. The van der Waals surface area contributed by atoms with Crippen LogP contribution in [0.3, 0.4) is 0 Å². The van der Waals surface area contributed by atoms with E-state index in [0.717, 1.165) is 16.3 Å². The van der Waals surface area contributed by atoms with Crippen LogP contribution >= 0.6 is 15.9 Å². The number of rotatable bonds is 4. The van der Waals surface area contributed by atoms with Crippen molar-refractivity contribution >= 4 is 21.6 Å². The molecule has 0 spiro atoms. The van der Waals surface area contributed by atoms with E-state index in [0.29, 0.717) is 6.04 Å². The van der Waals surface area contributed by atoms with E-state index in [4.69, 9.17) is 0 Å². The van der Waals surface area contributed by atoms with Gasteiger partial charge >= 0.3 is 0 Å². The molecule has 0 heterocycles. The van der Waals surface area contributed by atoms with Crippen molar-refractivity contribution < 1.29 is 0 Å². The van der Waals surface area contributed by atoms with Gasteiger partial charge in [0.2, 0.25) is 0 Å². The zero-order valence-corrected chi connectivity index (χ0v) is 14.0. The molecule has 0 bridgehead atoms. The topological polar surface area (TPSA) is 12.0 Å². The lowest BCUT2D eigenvalue weighted by molar-refractivity contribution is 0.289. The van der Waals surface area contributed by atoms with Crippen LogP contribution < -0.4 is 5.32 Å². The lowest BCUT2D eigenvalue weighted by Crippen LogP contribution is -2.28. The quantitative estimate of drug-likeness (QED) is 0.741. The molecule has 1 saturated carbocycles. The number of anilines is 1. The molecule has 0 radical (unpaired) electrons. The van der Waals surface area contributed by atoms with Crippen LogP contribution in [-0.4, -0.2) is 6.04 Å². The largest absolute Gasteiger partial charge is 0.382 e. The normalized spacial score (nSPS) is 23.6. The maximum Gasteiger partial charge on any atom is 0.0372 e. The molecule has 0 aromatic heterocycles. The molecule has 2 unspecified atom stereocenters. The summed E-state index contributed by atoms with van der Waals surface area (Å²) in [5.41, 5.74) is 2.64. The average molecular weight is 324 g/mol. The van der Waals surface area contributed by atoms with Crippen LogP contribution in [0.25, 0.3) is 0 Å². The predicted molar refractivity (Wildman–Crippen MR) is 87.7 cm³/mol. The molecule has 1 aromatic rings. The minimum absolute atomic E-state index is 0.664. The van der Waals surface area contributed by atoms with Gasteiger partial charge in [-0.1, -0.05) is 42.6 Å². The van der Waals surface area contributed by atoms with Crippen LogP contribution in [0.1, 0.15) is 51.5 Å². The first-order valence-corrected chi connectivity index (χ1v) is 8.36. The van der Waals surface area contributed by atoms with Gasteiger partial charge < -0.3 is 5.32 Å². The highest BCUT2D eigenvalue weighted by Gasteiger charge is 2.22. The Hall–Kier alpha value is -0.500. The van der Waals surface area contributed by atoms with Crippen LogP contribution in [0.4, 0.5) is 5.69 Å². The molecular weight excluding hydrogens is 298 g/mol. The van der Waals surface area contributed by atoms with Crippen molar-refractivity contribution in [1.82, 2.24) is 0 Å². The predicted octanol–water partition coefficient (Wildman–Crippen LogP) is 5.77. The molecule has 1 aromatic carbocycles. The second-order valence-corrected chi connectivity index (χ2v) is 7.38. The van der Waals surface area contributed by atoms with Gasteiger partial charge in [0, 0.05) is 16.2 Å². The van der Waals surface area contributed by atoms with E-state index in [-0.39, 0.29) is 0 Å². The lowest BCUT2D eigenvalue weighted by Gasteiger charge is -2.31. The smallest absolute Gasteiger partial charge is 0.0372 e. The van der Waals surface area contributed by atoms with Crippen LogP contribution in [0.15, 0.2) is 22.7 Å². The highest BCUT2D eigenvalue weighted by Crippen LogP contribution is 2.32. The van der Waals surface area contributed by atoms with E-state index in [1.807, 2.05) is 0 Å². The van der Waals surface area contributed by atoms with Crippen molar-refractivity contribution in [2.45, 2.75) is 58.9 Å². The van der Waals surface area contributed by atoms with Crippen molar-refractivity contribution in [3.8, 4) is 0 Å². The molecule has 2 atom stereocenters. The number of nitrogens with one attached hydrogen (secondary N) is 1. The Kier molecular flexibility index (Phi) is 5.32. The second-order valence-electron chi connectivity index (χ2n) is 6.46. The molecule has 1 N–H and O–H groups in total. The lowest BCUT2D eigenvalue weighted by atomic mass is 9.81. The third kappa shape index (κ3) is 4.52. The Balaban J connectivity index is 1.94. The molecule has 0 amide bonds. The van der Waals surface area contributed by atoms with E-state index < -0.39 is 0 Å². The Bertz CT molecular complexity index is 414. The SMILES string of the molecule is Cc1cc(Br)ccc1NC1CCCC(CC(C)C)C1. The molecule has 106 valence electrons. The zero-order valence-electron chi connectivity index (χ0n) is 12.4. The molecule has 1 aliphatic carbocycles. The molecule has 2 heteroatoms. The highest BCUT2D eigenvalue weighted by atomic mass is 79.9. The Morgan fingerprint density at radius 1 is 1.32 bits per heavy atom. The van der Waals surface area contributed by atoms with E-state index in [1.165, 1.54) is 43.4 Å². The monoisotopic (exact) mass is 323 g/mol. The summed E-state index contributed by atoms with van der Waals surface area (Å²) in [7, 11) is 0. The molecule has 1 aliphatic rings. The molecule has 1 fully saturated rings. The van der Waals surface area contributed by atoms with Crippen LogP contribution in [-0.2, 0) is 0 Å². The Morgan fingerprint density at radius 2 is 2.11 bits per heavy atom. The van der Waals surface area contributed by atoms with Crippen molar-refractivity contribution in [1.29, 1.82) is 0 Å². The second kappa shape index (κ2) is 6.78. The summed E-state index contributed by atoms with van der Waals surface area (Å²) in [6.07, 6.45) is 6.86. The van der Waals surface area contributed by atoms with Crippen LogP contribution in [0.5, 0.6) is 0 Å². The van der Waals surface area contributed by atoms with Crippen molar-refractivity contribution in [3.63, 3.8) is 0 Å². The summed E-state index contributed by atoms with van der Waals surface area (Å²) >= 11 is 3.53. The third-order valence-electron chi connectivity index (χ3n) is 4.14. The van der Waals surface area contributed by atoms with Crippen LogP contribution in [0.2, 0.25) is 0 Å². The van der Waals surface area contributed by atoms with Gasteiger partial charge in [-0.25, -0.2) is 0 Å². The Morgan fingerprint density at radius 3 is 2.79 bits per heavy atom. The van der Waals surface area contributed by atoms with E-state index >= 15 is 0 Å². The fourth-order valence-corrected chi connectivity index (χ4v) is 3.79. The first-order valence-electron chi connectivity index (χ1n) is 7.57. The fraction of sp³-hybridized carbons (Fsp3) is 0.647. The van der Waals surface area contributed by atoms with Crippen molar-refractivity contribution in [2.24, 2.45) is 11.8 Å². The molecular formula is C17H26BrN. The number of halogens is 1. The summed E-state index contributed by atoms with van der Waals surface area (Å²) in [5, 5.41) is 3.76. The minimum atomic E-state index is 0.664. The molecule has 1 nitrogen and oxygen atoms in total. The fourth-order valence-electron chi connectivity index (χ4n) is 3.31. The number of hydrogen-bond acceptors (Lipinski definition) is 1. The molecule has 19 heavy (non-hydrogen) atoms. The van der Waals surface area contributed by atoms with E-state index in [1.54, 1.807) is 0 Å². The number of hydrogen-bond donors (Lipinski definition) is 1. The van der Waals surface area contributed by atoms with Crippen molar-refractivity contribution in [3.05, 3.63) is 28.2 Å². The standard InChI is InChI=1S/C17H26BrN/c1-12(2)9-14-5-4-6-16(11-14)19-17-8-7-15(18)10-13(17)3/h7-8,10,12,14,16,19H,4-6,9,11H2,1-3H3.